The van der Waals surface area contributed by atoms with Crippen LogP contribution in [0.15, 0.2) is 28.9 Å². The van der Waals surface area contributed by atoms with Crippen LogP contribution in [-0.4, -0.2) is 42.5 Å². The zero-order valence-corrected chi connectivity index (χ0v) is 13.7. The van der Waals surface area contributed by atoms with Crippen LogP contribution in [0.3, 0.4) is 0 Å². The lowest BCUT2D eigenvalue weighted by Crippen LogP contribution is -2.29. The Kier molecular flexibility index (Phi) is 5.43. The largest absolute Gasteiger partial charge is 0.472 e. The van der Waals surface area contributed by atoms with Crippen molar-refractivity contribution in [3.8, 4) is 5.88 Å². The Bertz CT molecular complexity index is 680. The minimum atomic E-state index is -0.0739. The van der Waals surface area contributed by atoms with E-state index < -0.39 is 0 Å². The molecule has 1 amide bonds. The molecule has 1 fully saturated rings. The zero-order chi connectivity index (χ0) is 16.8. The number of nitrogens with one attached hydrogen (secondary N) is 2. The number of aryl methyl sites for hydroxylation is 1. The monoisotopic (exact) mass is 330 g/mol. The van der Waals surface area contributed by atoms with Gasteiger partial charge in [-0.25, -0.2) is 4.63 Å². The number of aromatic nitrogens is 2. The summed E-state index contributed by atoms with van der Waals surface area (Å²) in [6, 6.07) is 7.79. The van der Waals surface area contributed by atoms with Crippen LogP contribution in [0.1, 0.15) is 28.0 Å². The van der Waals surface area contributed by atoms with Crippen molar-refractivity contribution in [1.82, 2.24) is 20.9 Å². The molecule has 1 aliphatic heterocycles. The first kappa shape index (κ1) is 16.4. The number of nitrogens with zero attached hydrogens (tertiary/aromatic N) is 2. The van der Waals surface area contributed by atoms with Crippen molar-refractivity contribution in [2.24, 2.45) is 5.92 Å². The molecule has 0 radical (unpaired) electrons. The van der Waals surface area contributed by atoms with Gasteiger partial charge in [-0.2, -0.15) is 0 Å². The highest BCUT2D eigenvalue weighted by Gasteiger charge is 2.18. The minimum Gasteiger partial charge on any atom is -0.472 e. The van der Waals surface area contributed by atoms with E-state index in [4.69, 9.17) is 4.74 Å². The normalized spacial score (nSPS) is 17.0. The summed E-state index contributed by atoms with van der Waals surface area (Å²) in [6.07, 6.45) is 2.09. The van der Waals surface area contributed by atoms with Gasteiger partial charge >= 0.3 is 0 Å². The standard InChI is InChI=1S/C17H22N4O3/c1-12-17(21-24-20-12)23-9-8-19-16(22)15-5-3-2-4-14(15)10-13-6-7-18-11-13/h2-5,13,18H,6-11H2,1H3,(H,19,22). The van der Waals surface area contributed by atoms with E-state index in [2.05, 4.69) is 25.6 Å². The van der Waals surface area contributed by atoms with E-state index in [-0.39, 0.29) is 5.91 Å². The molecule has 1 aromatic carbocycles. The van der Waals surface area contributed by atoms with Gasteiger partial charge in [0.1, 0.15) is 12.3 Å². The van der Waals surface area contributed by atoms with E-state index in [1.165, 1.54) is 0 Å². The van der Waals surface area contributed by atoms with Crippen LogP contribution < -0.4 is 15.4 Å². The third-order valence-corrected chi connectivity index (χ3v) is 4.17. The second kappa shape index (κ2) is 7.92. The van der Waals surface area contributed by atoms with E-state index >= 15 is 0 Å². The Morgan fingerprint density at radius 3 is 3.04 bits per heavy atom. The summed E-state index contributed by atoms with van der Waals surface area (Å²) in [6.45, 7) is 4.54. The van der Waals surface area contributed by atoms with Crippen LogP contribution in [0.25, 0.3) is 0 Å². The highest BCUT2D eigenvalue weighted by molar-refractivity contribution is 5.95. The van der Waals surface area contributed by atoms with Gasteiger partial charge in [-0.1, -0.05) is 23.4 Å². The summed E-state index contributed by atoms with van der Waals surface area (Å²) in [7, 11) is 0. The second-order valence-corrected chi connectivity index (χ2v) is 5.98. The fraction of sp³-hybridized carbons (Fsp3) is 0.471. The Morgan fingerprint density at radius 2 is 2.29 bits per heavy atom. The van der Waals surface area contributed by atoms with Crippen molar-refractivity contribution in [2.75, 3.05) is 26.2 Å². The molecule has 7 heteroatoms. The fourth-order valence-corrected chi connectivity index (χ4v) is 2.88. The topological polar surface area (TPSA) is 89.3 Å². The van der Waals surface area contributed by atoms with Gasteiger partial charge in [0.2, 0.25) is 0 Å². The molecular weight excluding hydrogens is 308 g/mol. The molecule has 3 rings (SSSR count). The average molecular weight is 330 g/mol. The van der Waals surface area contributed by atoms with Gasteiger partial charge in [0.05, 0.1) is 6.54 Å². The fourth-order valence-electron chi connectivity index (χ4n) is 2.88. The van der Waals surface area contributed by atoms with Crippen molar-refractivity contribution in [2.45, 2.75) is 19.8 Å². The molecule has 0 bridgehead atoms. The summed E-state index contributed by atoms with van der Waals surface area (Å²) < 4.78 is 9.96. The number of ether oxygens (including phenoxy) is 1. The van der Waals surface area contributed by atoms with E-state index in [0.717, 1.165) is 37.1 Å². The number of benzene rings is 1. The summed E-state index contributed by atoms with van der Waals surface area (Å²) in [5.74, 6) is 0.887. The summed E-state index contributed by atoms with van der Waals surface area (Å²) in [5, 5.41) is 13.5. The lowest BCUT2D eigenvalue weighted by Gasteiger charge is -2.13. The smallest absolute Gasteiger partial charge is 0.278 e. The summed E-state index contributed by atoms with van der Waals surface area (Å²) in [5.41, 5.74) is 2.43. The van der Waals surface area contributed by atoms with Crippen molar-refractivity contribution in [3.63, 3.8) is 0 Å². The van der Waals surface area contributed by atoms with Gasteiger partial charge in [-0.15, -0.1) is 0 Å². The molecule has 1 aromatic heterocycles. The minimum absolute atomic E-state index is 0.0739. The lowest BCUT2D eigenvalue weighted by molar-refractivity contribution is 0.0945. The predicted molar refractivity (Wildman–Crippen MR) is 88.0 cm³/mol. The third-order valence-electron chi connectivity index (χ3n) is 4.17. The molecule has 1 aliphatic rings. The molecule has 0 saturated carbocycles. The van der Waals surface area contributed by atoms with Crippen LogP contribution in [0.5, 0.6) is 5.88 Å². The quantitative estimate of drug-likeness (QED) is 0.745. The van der Waals surface area contributed by atoms with Crippen LogP contribution in [0.2, 0.25) is 0 Å². The van der Waals surface area contributed by atoms with Crippen molar-refractivity contribution < 1.29 is 14.2 Å². The van der Waals surface area contributed by atoms with Gasteiger partial charge in [-0.3, -0.25) is 4.79 Å². The van der Waals surface area contributed by atoms with Crippen LogP contribution in [-0.2, 0) is 6.42 Å². The first-order chi connectivity index (χ1) is 11.7. The van der Waals surface area contributed by atoms with Crippen molar-refractivity contribution in [1.29, 1.82) is 0 Å². The maximum atomic E-state index is 12.4. The van der Waals surface area contributed by atoms with E-state index in [1.54, 1.807) is 6.92 Å². The van der Waals surface area contributed by atoms with Crippen LogP contribution in [0.4, 0.5) is 0 Å². The van der Waals surface area contributed by atoms with Gasteiger partial charge in [0.25, 0.3) is 11.8 Å². The van der Waals surface area contributed by atoms with Crippen molar-refractivity contribution in [3.05, 3.63) is 41.1 Å². The molecule has 2 N–H and O–H groups in total. The molecule has 1 saturated heterocycles. The van der Waals surface area contributed by atoms with Crippen molar-refractivity contribution >= 4 is 5.91 Å². The number of hydrogen-bond donors (Lipinski definition) is 2. The van der Waals surface area contributed by atoms with Crippen LogP contribution >= 0.6 is 0 Å². The molecule has 2 heterocycles. The summed E-state index contributed by atoms with van der Waals surface area (Å²) in [4.78, 5) is 12.4. The zero-order valence-electron chi connectivity index (χ0n) is 13.7. The number of hydrogen-bond acceptors (Lipinski definition) is 6. The van der Waals surface area contributed by atoms with E-state index in [9.17, 15) is 4.79 Å². The first-order valence-corrected chi connectivity index (χ1v) is 8.23. The molecular formula is C17H22N4O3. The van der Waals surface area contributed by atoms with Gasteiger partial charge in [-0.05, 0) is 55.6 Å². The predicted octanol–water partition coefficient (Wildman–Crippen LogP) is 1.34. The molecule has 1 unspecified atom stereocenters. The number of carbonyl (C=O) groups is 1. The Morgan fingerprint density at radius 1 is 1.42 bits per heavy atom. The SMILES string of the molecule is Cc1nonc1OCCNC(=O)c1ccccc1CC1CCNC1. The Hall–Kier alpha value is -2.41. The molecule has 2 aromatic rings. The highest BCUT2D eigenvalue weighted by atomic mass is 16.6. The Labute approximate surface area is 140 Å². The van der Waals surface area contributed by atoms with E-state index in [0.29, 0.717) is 30.6 Å². The number of rotatable bonds is 7. The summed E-state index contributed by atoms with van der Waals surface area (Å²) >= 11 is 0. The average Bonchev–Trinajstić information content (AvgIpc) is 3.24. The third kappa shape index (κ3) is 4.11. The molecule has 7 nitrogen and oxygen atoms in total. The molecule has 24 heavy (non-hydrogen) atoms. The maximum absolute atomic E-state index is 12.4. The molecule has 128 valence electrons. The maximum Gasteiger partial charge on any atom is 0.278 e. The second-order valence-electron chi connectivity index (χ2n) is 5.98. The van der Waals surface area contributed by atoms with Gasteiger partial charge < -0.3 is 15.4 Å². The molecule has 0 spiro atoms. The lowest BCUT2D eigenvalue weighted by atomic mass is 9.94. The van der Waals surface area contributed by atoms with Gasteiger partial charge in [0, 0.05) is 5.56 Å². The van der Waals surface area contributed by atoms with Gasteiger partial charge in [0.15, 0.2) is 0 Å². The number of carbonyl (C=O) groups excluding carboxylic acids is 1. The number of amides is 1. The van der Waals surface area contributed by atoms with Crippen LogP contribution in [0, 0.1) is 12.8 Å². The molecule has 1 atom stereocenters. The molecule has 0 aliphatic carbocycles. The Balaban J connectivity index is 1.51. The van der Waals surface area contributed by atoms with E-state index in [1.807, 2.05) is 24.3 Å². The highest BCUT2D eigenvalue weighted by Crippen LogP contribution is 2.18. The first-order valence-electron chi connectivity index (χ1n) is 8.23.